The second kappa shape index (κ2) is 10.3. The lowest BCUT2D eigenvalue weighted by Crippen LogP contribution is -2.23. The van der Waals surface area contributed by atoms with Crippen LogP contribution in [-0.4, -0.2) is 26.2 Å². The Kier molecular flexibility index (Phi) is 7.80. The third-order valence-corrected chi connectivity index (χ3v) is 3.91. The number of amides is 1. The molecule has 5 nitrogen and oxygen atoms in total. The van der Waals surface area contributed by atoms with Gasteiger partial charge in [0.05, 0.1) is 20.3 Å². The molecule has 0 spiro atoms. The summed E-state index contributed by atoms with van der Waals surface area (Å²) in [6, 6.07) is 13.5. The SMILES string of the molecule is CCOc1ccccc1CCC(=O)NCc1ccc(OCC)c(OC)c1. The molecule has 2 aromatic carbocycles. The van der Waals surface area contributed by atoms with Crippen LogP contribution >= 0.6 is 0 Å². The minimum Gasteiger partial charge on any atom is -0.494 e. The van der Waals surface area contributed by atoms with Crippen molar-refractivity contribution in [3.05, 3.63) is 53.6 Å². The van der Waals surface area contributed by atoms with Gasteiger partial charge in [-0.15, -0.1) is 0 Å². The van der Waals surface area contributed by atoms with Crippen molar-refractivity contribution in [2.24, 2.45) is 0 Å². The highest BCUT2D eigenvalue weighted by Gasteiger charge is 2.08. The van der Waals surface area contributed by atoms with Crippen LogP contribution in [0.15, 0.2) is 42.5 Å². The van der Waals surface area contributed by atoms with Crippen molar-refractivity contribution in [1.29, 1.82) is 0 Å². The minimum absolute atomic E-state index is 0.00385. The zero-order valence-electron chi connectivity index (χ0n) is 15.7. The predicted octanol–water partition coefficient (Wildman–Crippen LogP) is 3.74. The number of carbonyl (C=O) groups is 1. The van der Waals surface area contributed by atoms with Crippen LogP contribution in [0.2, 0.25) is 0 Å². The topological polar surface area (TPSA) is 56.8 Å². The van der Waals surface area contributed by atoms with Crippen LogP contribution in [0.3, 0.4) is 0 Å². The van der Waals surface area contributed by atoms with Gasteiger partial charge in [0.1, 0.15) is 5.75 Å². The first-order chi connectivity index (χ1) is 12.7. The summed E-state index contributed by atoms with van der Waals surface area (Å²) in [6.45, 7) is 5.53. The van der Waals surface area contributed by atoms with Gasteiger partial charge >= 0.3 is 0 Å². The van der Waals surface area contributed by atoms with Gasteiger partial charge in [0.25, 0.3) is 0 Å². The lowest BCUT2D eigenvalue weighted by atomic mass is 10.1. The Morgan fingerprint density at radius 3 is 2.42 bits per heavy atom. The minimum atomic E-state index is 0.00385. The number of aryl methyl sites for hydroxylation is 1. The molecule has 2 rings (SSSR count). The van der Waals surface area contributed by atoms with E-state index in [0.717, 1.165) is 16.9 Å². The smallest absolute Gasteiger partial charge is 0.220 e. The van der Waals surface area contributed by atoms with E-state index in [1.165, 1.54) is 0 Å². The molecule has 0 aromatic heterocycles. The molecule has 1 amide bonds. The molecule has 0 aliphatic heterocycles. The summed E-state index contributed by atoms with van der Waals surface area (Å²) in [5.41, 5.74) is 2.01. The van der Waals surface area contributed by atoms with Crippen LogP contribution in [0.1, 0.15) is 31.4 Å². The molecule has 5 heteroatoms. The average Bonchev–Trinajstić information content (AvgIpc) is 2.67. The molecule has 0 saturated heterocycles. The fourth-order valence-electron chi connectivity index (χ4n) is 2.64. The Bertz CT molecular complexity index is 715. The molecule has 0 unspecified atom stereocenters. The number of methoxy groups -OCH3 is 1. The van der Waals surface area contributed by atoms with Gasteiger partial charge in [0.2, 0.25) is 5.91 Å². The predicted molar refractivity (Wildman–Crippen MR) is 102 cm³/mol. The van der Waals surface area contributed by atoms with Gasteiger partial charge in [-0.25, -0.2) is 0 Å². The quantitative estimate of drug-likeness (QED) is 0.704. The maximum absolute atomic E-state index is 12.2. The highest BCUT2D eigenvalue weighted by atomic mass is 16.5. The highest BCUT2D eigenvalue weighted by Crippen LogP contribution is 2.28. The van der Waals surface area contributed by atoms with Crippen molar-refractivity contribution in [3.8, 4) is 17.2 Å². The summed E-state index contributed by atoms with van der Waals surface area (Å²) in [6.07, 6.45) is 1.06. The number of rotatable bonds is 10. The van der Waals surface area contributed by atoms with Gasteiger partial charge < -0.3 is 19.5 Å². The van der Waals surface area contributed by atoms with E-state index in [2.05, 4.69) is 5.32 Å². The Labute approximate surface area is 155 Å². The Hall–Kier alpha value is -2.69. The summed E-state index contributed by atoms with van der Waals surface area (Å²) in [5, 5.41) is 2.95. The van der Waals surface area contributed by atoms with E-state index < -0.39 is 0 Å². The second-order valence-corrected chi connectivity index (χ2v) is 5.74. The lowest BCUT2D eigenvalue weighted by Gasteiger charge is -2.12. The van der Waals surface area contributed by atoms with E-state index in [4.69, 9.17) is 14.2 Å². The molecule has 140 valence electrons. The van der Waals surface area contributed by atoms with Crippen molar-refractivity contribution in [3.63, 3.8) is 0 Å². The van der Waals surface area contributed by atoms with Crippen molar-refractivity contribution >= 4 is 5.91 Å². The molecule has 2 aromatic rings. The third-order valence-electron chi connectivity index (χ3n) is 3.91. The van der Waals surface area contributed by atoms with Crippen molar-refractivity contribution < 1.29 is 19.0 Å². The molecule has 0 fully saturated rings. The molecule has 0 aliphatic carbocycles. The zero-order chi connectivity index (χ0) is 18.8. The van der Waals surface area contributed by atoms with Crippen LogP contribution in [0.25, 0.3) is 0 Å². The van der Waals surface area contributed by atoms with E-state index in [0.29, 0.717) is 44.1 Å². The number of hydrogen-bond acceptors (Lipinski definition) is 4. The zero-order valence-corrected chi connectivity index (χ0v) is 15.7. The summed E-state index contributed by atoms with van der Waals surface area (Å²) >= 11 is 0. The number of nitrogens with one attached hydrogen (secondary N) is 1. The van der Waals surface area contributed by atoms with Crippen LogP contribution in [0.4, 0.5) is 0 Å². The highest BCUT2D eigenvalue weighted by molar-refractivity contribution is 5.76. The molecule has 0 saturated carbocycles. The Morgan fingerprint density at radius 2 is 1.69 bits per heavy atom. The monoisotopic (exact) mass is 357 g/mol. The van der Waals surface area contributed by atoms with Crippen LogP contribution < -0.4 is 19.5 Å². The summed E-state index contributed by atoms with van der Waals surface area (Å²) in [4.78, 5) is 12.2. The number of carbonyl (C=O) groups excluding carboxylic acids is 1. The molecule has 0 bridgehead atoms. The molecule has 26 heavy (non-hydrogen) atoms. The molecule has 0 heterocycles. The summed E-state index contributed by atoms with van der Waals surface area (Å²) in [7, 11) is 1.61. The van der Waals surface area contributed by atoms with Gasteiger partial charge in [-0.2, -0.15) is 0 Å². The number of para-hydroxylation sites is 1. The molecule has 0 radical (unpaired) electrons. The Balaban J connectivity index is 1.87. The van der Waals surface area contributed by atoms with Gasteiger partial charge in [-0.1, -0.05) is 24.3 Å². The van der Waals surface area contributed by atoms with Crippen molar-refractivity contribution in [2.75, 3.05) is 20.3 Å². The fraction of sp³-hybridized carbons (Fsp3) is 0.381. The molecule has 0 aliphatic rings. The largest absolute Gasteiger partial charge is 0.494 e. The van der Waals surface area contributed by atoms with E-state index >= 15 is 0 Å². The maximum Gasteiger partial charge on any atom is 0.220 e. The number of hydrogen-bond donors (Lipinski definition) is 1. The van der Waals surface area contributed by atoms with Gasteiger partial charge in [0.15, 0.2) is 11.5 Å². The van der Waals surface area contributed by atoms with Gasteiger partial charge in [-0.3, -0.25) is 4.79 Å². The standard InChI is InChI=1S/C21H27NO4/c1-4-25-18-9-7-6-8-17(18)11-13-21(23)22-15-16-10-12-19(26-5-2)20(14-16)24-3/h6-10,12,14H,4-5,11,13,15H2,1-3H3,(H,22,23). The van der Waals surface area contributed by atoms with E-state index in [9.17, 15) is 4.79 Å². The van der Waals surface area contributed by atoms with E-state index in [1.807, 2.05) is 56.3 Å². The van der Waals surface area contributed by atoms with E-state index in [-0.39, 0.29) is 5.91 Å². The van der Waals surface area contributed by atoms with Gasteiger partial charge in [0, 0.05) is 13.0 Å². The van der Waals surface area contributed by atoms with Gasteiger partial charge in [-0.05, 0) is 49.6 Å². The second-order valence-electron chi connectivity index (χ2n) is 5.74. The lowest BCUT2D eigenvalue weighted by molar-refractivity contribution is -0.121. The third kappa shape index (κ3) is 5.69. The molecule has 0 atom stereocenters. The average molecular weight is 357 g/mol. The van der Waals surface area contributed by atoms with Crippen LogP contribution in [0, 0.1) is 0 Å². The first kappa shape index (κ1) is 19.6. The molecular formula is C21H27NO4. The summed E-state index contributed by atoms with van der Waals surface area (Å²) in [5.74, 6) is 2.23. The maximum atomic E-state index is 12.2. The Morgan fingerprint density at radius 1 is 0.962 bits per heavy atom. The first-order valence-corrected chi connectivity index (χ1v) is 8.95. The number of benzene rings is 2. The van der Waals surface area contributed by atoms with Crippen molar-refractivity contribution in [1.82, 2.24) is 5.32 Å². The van der Waals surface area contributed by atoms with Crippen LogP contribution in [0.5, 0.6) is 17.2 Å². The van der Waals surface area contributed by atoms with Crippen molar-refractivity contribution in [2.45, 2.75) is 33.2 Å². The summed E-state index contributed by atoms with van der Waals surface area (Å²) < 4.78 is 16.4. The number of ether oxygens (including phenoxy) is 3. The molecular weight excluding hydrogens is 330 g/mol. The first-order valence-electron chi connectivity index (χ1n) is 8.95. The van der Waals surface area contributed by atoms with Crippen LogP contribution in [-0.2, 0) is 17.8 Å². The molecule has 1 N–H and O–H groups in total. The fourth-order valence-corrected chi connectivity index (χ4v) is 2.64. The normalized spacial score (nSPS) is 10.3. The van der Waals surface area contributed by atoms with E-state index in [1.54, 1.807) is 7.11 Å².